The molecular formula is C18H21NO5S. The fourth-order valence-electron chi connectivity index (χ4n) is 2.22. The number of Topliss-reactive ketones (excluding diaryl/α,β-unsaturated/α-hetero) is 1. The second kappa shape index (κ2) is 7.65. The minimum atomic E-state index is -0.978. The van der Waals surface area contributed by atoms with Crippen molar-refractivity contribution in [2.45, 2.75) is 32.6 Å². The zero-order chi connectivity index (χ0) is 18.6. The highest BCUT2D eigenvalue weighted by Gasteiger charge is 2.21. The molecule has 0 atom stereocenters. The monoisotopic (exact) mass is 363 g/mol. The number of carboxylic acids is 1. The number of carbonyl (C=O) groups excluding carboxylic acids is 1. The van der Waals surface area contributed by atoms with Crippen LogP contribution in [0.25, 0.3) is 0 Å². The van der Waals surface area contributed by atoms with E-state index in [0.717, 1.165) is 22.6 Å². The zero-order valence-corrected chi connectivity index (χ0v) is 15.5. The first-order chi connectivity index (χ1) is 11.7. The van der Waals surface area contributed by atoms with Crippen LogP contribution in [0.1, 0.15) is 41.8 Å². The molecule has 0 bridgehead atoms. The van der Waals surface area contributed by atoms with E-state index >= 15 is 0 Å². The van der Waals surface area contributed by atoms with Crippen molar-refractivity contribution in [3.05, 3.63) is 39.8 Å². The molecule has 0 spiro atoms. The van der Waals surface area contributed by atoms with Crippen LogP contribution in [0.5, 0.6) is 11.5 Å². The molecule has 7 heteroatoms. The predicted octanol–water partition coefficient (Wildman–Crippen LogP) is 3.34. The van der Waals surface area contributed by atoms with Crippen LogP contribution in [0.15, 0.2) is 23.6 Å². The Labute approximate surface area is 150 Å². The molecule has 0 saturated carbocycles. The quantitative estimate of drug-likeness (QED) is 0.760. The fourth-order valence-corrected chi connectivity index (χ4v) is 2.97. The number of hydrogen-bond donors (Lipinski definition) is 1. The van der Waals surface area contributed by atoms with Crippen LogP contribution >= 0.6 is 11.3 Å². The molecule has 1 heterocycles. The number of thiazole rings is 1. The molecule has 1 N–H and O–H groups in total. The molecule has 6 nitrogen and oxygen atoms in total. The summed E-state index contributed by atoms with van der Waals surface area (Å²) in [5.41, 5.74) is 1.13. The number of carboxylic acid groups (broad SMARTS) is 1. The van der Waals surface area contributed by atoms with Gasteiger partial charge in [-0.15, -0.1) is 11.3 Å². The number of aliphatic carboxylic acids is 1. The topological polar surface area (TPSA) is 85.7 Å². The van der Waals surface area contributed by atoms with E-state index in [9.17, 15) is 9.59 Å². The smallest absolute Gasteiger partial charge is 0.309 e. The van der Waals surface area contributed by atoms with Crippen LogP contribution in [0.2, 0.25) is 0 Å². The summed E-state index contributed by atoms with van der Waals surface area (Å²) in [5, 5.41) is 10.6. The number of benzene rings is 1. The van der Waals surface area contributed by atoms with Crippen LogP contribution < -0.4 is 9.47 Å². The van der Waals surface area contributed by atoms with Crippen LogP contribution in [-0.2, 0) is 16.6 Å². The van der Waals surface area contributed by atoms with Crippen molar-refractivity contribution in [2.24, 2.45) is 0 Å². The number of ether oxygens (including phenoxy) is 2. The Bertz CT molecular complexity index is 776. The molecule has 134 valence electrons. The summed E-state index contributed by atoms with van der Waals surface area (Å²) in [6.45, 7) is 6.00. The molecule has 2 aromatic rings. The summed E-state index contributed by atoms with van der Waals surface area (Å²) in [7, 11) is 1.60. The van der Waals surface area contributed by atoms with Crippen molar-refractivity contribution in [2.75, 3.05) is 13.7 Å². The van der Waals surface area contributed by atoms with Crippen molar-refractivity contribution in [1.29, 1.82) is 0 Å². The third-order valence-electron chi connectivity index (χ3n) is 3.48. The number of aromatic nitrogens is 1. The Hall–Kier alpha value is -2.41. The van der Waals surface area contributed by atoms with E-state index in [1.54, 1.807) is 24.6 Å². The summed E-state index contributed by atoms with van der Waals surface area (Å²) in [6.07, 6.45) is -0.197. The van der Waals surface area contributed by atoms with Crippen molar-refractivity contribution in [3.8, 4) is 11.5 Å². The van der Waals surface area contributed by atoms with Crippen LogP contribution in [0, 0.1) is 0 Å². The van der Waals surface area contributed by atoms with Gasteiger partial charge in [0.2, 0.25) is 5.78 Å². The molecule has 0 aliphatic heterocycles. The Kier molecular flexibility index (Phi) is 5.79. The fraction of sp³-hybridized carbons (Fsp3) is 0.389. The maximum absolute atomic E-state index is 12.3. The molecule has 0 radical (unpaired) electrons. The van der Waals surface area contributed by atoms with E-state index in [2.05, 4.69) is 25.8 Å². The first-order valence-electron chi connectivity index (χ1n) is 7.71. The minimum absolute atomic E-state index is 0.157. The minimum Gasteiger partial charge on any atom is -0.497 e. The van der Waals surface area contributed by atoms with Gasteiger partial charge in [0.1, 0.15) is 11.5 Å². The molecule has 25 heavy (non-hydrogen) atoms. The van der Waals surface area contributed by atoms with Gasteiger partial charge in [-0.3, -0.25) is 9.59 Å². The highest BCUT2D eigenvalue weighted by molar-refractivity contribution is 7.11. The Morgan fingerprint density at radius 3 is 2.60 bits per heavy atom. The van der Waals surface area contributed by atoms with E-state index in [1.165, 1.54) is 0 Å². The molecule has 0 aliphatic rings. The van der Waals surface area contributed by atoms with Crippen molar-refractivity contribution in [3.63, 3.8) is 0 Å². The number of methoxy groups -OCH3 is 1. The van der Waals surface area contributed by atoms with E-state index in [1.807, 2.05) is 6.07 Å². The molecule has 2 rings (SSSR count). The van der Waals surface area contributed by atoms with Gasteiger partial charge in [-0.25, -0.2) is 4.98 Å². The molecule has 0 fully saturated rings. The second-order valence-electron chi connectivity index (χ2n) is 6.54. The average molecular weight is 363 g/mol. The molecular weight excluding hydrogens is 342 g/mol. The summed E-state index contributed by atoms with van der Waals surface area (Å²) < 4.78 is 11.0. The van der Waals surface area contributed by atoms with E-state index in [4.69, 9.17) is 14.6 Å². The normalized spacial score (nSPS) is 11.2. The van der Waals surface area contributed by atoms with Crippen LogP contribution in [0.3, 0.4) is 0 Å². The van der Waals surface area contributed by atoms with E-state index in [0.29, 0.717) is 11.4 Å². The van der Waals surface area contributed by atoms with Gasteiger partial charge in [0.15, 0.2) is 11.6 Å². The number of rotatable bonds is 7. The lowest BCUT2D eigenvalue weighted by atomic mass is 9.86. The average Bonchev–Trinajstić information content (AvgIpc) is 2.99. The highest BCUT2D eigenvalue weighted by Crippen LogP contribution is 2.34. The van der Waals surface area contributed by atoms with E-state index < -0.39 is 5.97 Å². The van der Waals surface area contributed by atoms with Gasteiger partial charge in [0, 0.05) is 10.9 Å². The van der Waals surface area contributed by atoms with Gasteiger partial charge in [-0.2, -0.15) is 0 Å². The number of hydrogen-bond acceptors (Lipinski definition) is 6. The first kappa shape index (κ1) is 18.9. The lowest BCUT2D eigenvalue weighted by Gasteiger charge is -2.23. The van der Waals surface area contributed by atoms with Gasteiger partial charge in [-0.05, 0) is 23.6 Å². The summed E-state index contributed by atoms with van der Waals surface area (Å²) in [4.78, 5) is 27.0. The van der Waals surface area contributed by atoms with Crippen LogP contribution in [-0.4, -0.2) is 35.6 Å². The van der Waals surface area contributed by atoms with Crippen molar-refractivity contribution >= 4 is 23.1 Å². The zero-order valence-electron chi connectivity index (χ0n) is 14.7. The van der Waals surface area contributed by atoms with Gasteiger partial charge < -0.3 is 14.6 Å². The Morgan fingerprint density at radius 2 is 2.00 bits per heavy atom. The second-order valence-corrected chi connectivity index (χ2v) is 7.40. The van der Waals surface area contributed by atoms with Gasteiger partial charge in [0.05, 0.1) is 19.2 Å². The first-order valence-corrected chi connectivity index (χ1v) is 8.59. The highest BCUT2D eigenvalue weighted by atomic mass is 32.1. The van der Waals surface area contributed by atoms with Crippen molar-refractivity contribution < 1.29 is 24.2 Å². The molecule has 1 aromatic heterocycles. The SMILES string of the molecule is COc1ccc(OCC(=O)c2nc(CC(=O)O)cs2)c(C(C)(C)C)c1. The standard InChI is InChI=1S/C18H21NO5S/c1-18(2,3)13-8-12(23-4)5-6-15(13)24-9-14(20)17-19-11(10-25-17)7-16(21)22/h5-6,8,10H,7,9H2,1-4H3,(H,21,22). The Morgan fingerprint density at radius 1 is 1.28 bits per heavy atom. The van der Waals surface area contributed by atoms with Gasteiger partial charge in [0.25, 0.3) is 0 Å². The molecule has 0 amide bonds. The maximum atomic E-state index is 12.3. The third kappa shape index (κ3) is 5.03. The molecule has 0 aliphatic carbocycles. The van der Waals surface area contributed by atoms with E-state index in [-0.39, 0.29) is 29.2 Å². The molecule has 0 unspecified atom stereocenters. The number of ketones is 1. The third-order valence-corrected chi connectivity index (χ3v) is 4.41. The van der Waals surface area contributed by atoms with Gasteiger partial charge in [-0.1, -0.05) is 20.8 Å². The predicted molar refractivity (Wildman–Crippen MR) is 95.0 cm³/mol. The maximum Gasteiger partial charge on any atom is 0.309 e. The summed E-state index contributed by atoms with van der Waals surface area (Å²) in [5.74, 6) is 0.0803. The lowest BCUT2D eigenvalue weighted by molar-refractivity contribution is -0.136. The summed E-state index contributed by atoms with van der Waals surface area (Å²) in [6, 6.07) is 5.46. The largest absolute Gasteiger partial charge is 0.497 e. The van der Waals surface area contributed by atoms with Crippen LogP contribution in [0.4, 0.5) is 0 Å². The number of nitrogens with zero attached hydrogens (tertiary/aromatic N) is 1. The van der Waals surface area contributed by atoms with Gasteiger partial charge >= 0.3 is 5.97 Å². The molecule has 0 saturated heterocycles. The summed E-state index contributed by atoms with van der Waals surface area (Å²) >= 11 is 1.13. The lowest BCUT2D eigenvalue weighted by Crippen LogP contribution is -2.17. The number of carbonyl (C=O) groups is 2. The Balaban J connectivity index is 2.11. The molecule has 1 aromatic carbocycles. The van der Waals surface area contributed by atoms with Crippen molar-refractivity contribution in [1.82, 2.24) is 4.98 Å².